The molecule has 2 aromatic carbocycles. The van der Waals surface area contributed by atoms with Crippen LogP contribution in [0.3, 0.4) is 0 Å². The summed E-state index contributed by atoms with van der Waals surface area (Å²) >= 11 is 12.8. The molecule has 1 N–H and O–H groups in total. The standard InChI is InChI=1S/C25H26Cl2N2O3/c1-2-32-19-12-13-21-20(14-19)22(23(30)25(31)28-18-6-4-3-5-7-18)24(27)29(21)15-16-8-10-17(26)11-9-16/h8-14,18H,2-7,15H2,1H3,(H,28,31). The van der Waals surface area contributed by atoms with Gasteiger partial charge in [0, 0.05) is 23.0 Å². The first kappa shape index (κ1) is 22.7. The fraction of sp³-hybridized carbons (Fsp3) is 0.360. The van der Waals surface area contributed by atoms with Crippen molar-refractivity contribution in [1.29, 1.82) is 0 Å². The number of halogens is 2. The molecule has 1 heterocycles. The molecular weight excluding hydrogens is 447 g/mol. The molecule has 1 aromatic heterocycles. The van der Waals surface area contributed by atoms with Crippen molar-refractivity contribution in [2.45, 2.75) is 51.6 Å². The van der Waals surface area contributed by atoms with Gasteiger partial charge in [-0.1, -0.05) is 54.6 Å². The Morgan fingerprint density at radius 3 is 2.47 bits per heavy atom. The van der Waals surface area contributed by atoms with Crippen molar-refractivity contribution in [2.24, 2.45) is 0 Å². The number of aromatic nitrogens is 1. The van der Waals surface area contributed by atoms with Gasteiger partial charge in [-0.2, -0.15) is 0 Å². The number of rotatable bonds is 7. The fourth-order valence-corrected chi connectivity index (χ4v) is 4.78. The summed E-state index contributed by atoms with van der Waals surface area (Å²) in [4.78, 5) is 26.1. The third-order valence-corrected chi connectivity index (χ3v) is 6.56. The van der Waals surface area contributed by atoms with Crippen LogP contribution in [0, 0.1) is 0 Å². The van der Waals surface area contributed by atoms with Crippen LogP contribution in [0.4, 0.5) is 0 Å². The summed E-state index contributed by atoms with van der Waals surface area (Å²) in [5, 5.41) is 4.41. The van der Waals surface area contributed by atoms with Gasteiger partial charge in [0.2, 0.25) is 0 Å². The van der Waals surface area contributed by atoms with Gasteiger partial charge in [-0.25, -0.2) is 0 Å². The van der Waals surface area contributed by atoms with Crippen LogP contribution in [-0.4, -0.2) is 28.9 Å². The first-order valence-electron chi connectivity index (χ1n) is 11.0. The highest BCUT2D eigenvalue weighted by Crippen LogP contribution is 2.34. The van der Waals surface area contributed by atoms with Crippen LogP contribution in [0.25, 0.3) is 10.9 Å². The topological polar surface area (TPSA) is 60.3 Å². The number of fused-ring (bicyclic) bond motifs is 1. The van der Waals surface area contributed by atoms with Crippen LogP contribution in [-0.2, 0) is 11.3 Å². The number of benzene rings is 2. The lowest BCUT2D eigenvalue weighted by Crippen LogP contribution is -2.40. The van der Waals surface area contributed by atoms with Crippen LogP contribution in [0.15, 0.2) is 42.5 Å². The monoisotopic (exact) mass is 472 g/mol. The quantitative estimate of drug-likeness (QED) is 0.337. The minimum atomic E-state index is -0.617. The maximum atomic E-state index is 13.3. The highest BCUT2D eigenvalue weighted by molar-refractivity contribution is 6.49. The average Bonchev–Trinajstić information content (AvgIpc) is 3.06. The lowest BCUT2D eigenvalue weighted by Gasteiger charge is -2.22. The predicted octanol–water partition coefficient (Wildman–Crippen LogP) is 6.03. The van der Waals surface area contributed by atoms with Crippen LogP contribution in [0.1, 0.15) is 54.9 Å². The van der Waals surface area contributed by atoms with Crippen molar-refractivity contribution in [3.63, 3.8) is 0 Å². The predicted molar refractivity (Wildman–Crippen MR) is 128 cm³/mol. The maximum absolute atomic E-state index is 13.3. The van der Waals surface area contributed by atoms with E-state index in [0.717, 1.165) is 36.8 Å². The van der Waals surface area contributed by atoms with E-state index in [1.165, 1.54) is 6.42 Å². The number of ketones is 1. The molecule has 168 valence electrons. The van der Waals surface area contributed by atoms with Gasteiger partial charge < -0.3 is 14.6 Å². The van der Waals surface area contributed by atoms with Gasteiger partial charge >= 0.3 is 0 Å². The summed E-state index contributed by atoms with van der Waals surface area (Å²) in [6.45, 7) is 2.83. The summed E-state index contributed by atoms with van der Waals surface area (Å²) in [6.07, 6.45) is 5.11. The molecule has 1 aliphatic carbocycles. The van der Waals surface area contributed by atoms with E-state index in [9.17, 15) is 9.59 Å². The summed E-state index contributed by atoms with van der Waals surface area (Å²) < 4.78 is 7.48. The smallest absolute Gasteiger partial charge is 0.292 e. The van der Waals surface area contributed by atoms with Gasteiger partial charge in [-0.05, 0) is 55.7 Å². The summed E-state index contributed by atoms with van der Waals surface area (Å²) in [5.41, 5.74) is 1.96. The molecule has 0 bridgehead atoms. The number of hydrogen-bond acceptors (Lipinski definition) is 3. The lowest BCUT2D eigenvalue weighted by atomic mass is 9.95. The van der Waals surface area contributed by atoms with Gasteiger partial charge in [0.15, 0.2) is 0 Å². The lowest BCUT2D eigenvalue weighted by molar-refractivity contribution is -0.117. The van der Waals surface area contributed by atoms with Crippen molar-refractivity contribution in [2.75, 3.05) is 6.61 Å². The number of carbonyl (C=O) groups excluding carboxylic acids is 2. The normalized spacial score (nSPS) is 14.5. The number of hydrogen-bond donors (Lipinski definition) is 1. The number of Topliss-reactive ketones (excluding diaryl/α,β-unsaturated/α-hetero) is 1. The fourth-order valence-electron chi connectivity index (χ4n) is 4.31. The molecule has 0 aliphatic heterocycles. The highest BCUT2D eigenvalue weighted by Gasteiger charge is 2.28. The Labute approximate surface area is 197 Å². The number of nitrogens with one attached hydrogen (secondary N) is 1. The first-order chi connectivity index (χ1) is 15.5. The second-order valence-electron chi connectivity index (χ2n) is 8.13. The number of ether oxygens (including phenoxy) is 1. The Kier molecular flexibility index (Phi) is 7.07. The van der Waals surface area contributed by atoms with Gasteiger partial charge in [0.1, 0.15) is 10.9 Å². The second kappa shape index (κ2) is 9.97. The molecule has 1 amide bonds. The molecule has 1 fully saturated rings. The van der Waals surface area contributed by atoms with Crippen LogP contribution < -0.4 is 10.1 Å². The molecule has 0 unspecified atom stereocenters. The number of amides is 1. The van der Waals surface area contributed by atoms with E-state index in [0.29, 0.717) is 29.3 Å². The molecule has 5 nitrogen and oxygen atoms in total. The minimum Gasteiger partial charge on any atom is -0.494 e. The molecule has 7 heteroatoms. The molecule has 4 rings (SSSR count). The Bertz CT molecular complexity index is 1130. The average molecular weight is 473 g/mol. The molecule has 32 heavy (non-hydrogen) atoms. The van der Waals surface area contributed by atoms with Crippen molar-refractivity contribution in [3.8, 4) is 5.75 Å². The van der Waals surface area contributed by atoms with E-state index in [2.05, 4.69) is 5.32 Å². The van der Waals surface area contributed by atoms with Gasteiger partial charge in [0.25, 0.3) is 11.7 Å². The Hall–Kier alpha value is -2.50. The molecule has 1 saturated carbocycles. The molecule has 0 radical (unpaired) electrons. The van der Waals surface area contributed by atoms with Crippen LogP contribution >= 0.6 is 23.2 Å². The van der Waals surface area contributed by atoms with Crippen molar-refractivity contribution in [3.05, 3.63) is 63.8 Å². The zero-order valence-corrected chi connectivity index (χ0v) is 19.5. The van der Waals surface area contributed by atoms with Crippen molar-refractivity contribution < 1.29 is 14.3 Å². The van der Waals surface area contributed by atoms with Crippen molar-refractivity contribution in [1.82, 2.24) is 9.88 Å². The van der Waals surface area contributed by atoms with E-state index < -0.39 is 11.7 Å². The van der Waals surface area contributed by atoms with E-state index in [1.54, 1.807) is 6.07 Å². The Morgan fingerprint density at radius 1 is 1.06 bits per heavy atom. The van der Waals surface area contributed by atoms with Gasteiger partial charge in [0.05, 0.1) is 17.7 Å². The minimum absolute atomic E-state index is 0.0420. The number of nitrogens with zero attached hydrogens (tertiary/aromatic N) is 1. The Morgan fingerprint density at radius 2 is 1.78 bits per heavy atom. The molecular formula is C25H26Cl2N2O3. The molecule has 0 atom stereocenters. The summed E-state index contributed by atoms with van der Waals surface area (Å²) in [6, 6.07) is 13.0. The van der Waals surface area contributed by atoms with E-state index in [-0.39, 0.29) is 16.8 Å². The SMILES string of the molecule is CCOc1ccc2c(c1)c(C(=O)C(=O)NC1CCCCC1)c(Cl)n2Cc1ccc(Cl)cc1. The largest absolute Gasteiger partial charge is 0.494 e. The van der Waals surface area contributed by atoms with Crippen molar-refractivity contribution >= 4 is 45.8 Å². The van der Waals surface area contributed by atoms with E-state index >= 15 is 0 Å². The third-order valence-electron chi connectivity index (χ3n) is 5.91. The summed E-state index contributed by atoms with van der Waals surface area (Å²) in [7, 11) is 0. The molecule has 3 aromatic rings. The van der Waals surface area contributed by atoms with Gasteiger partial charge in [-0.3, -0.25) is 9.59 Å². The second-order valence-corrected chi connectivity index (χ2v) is 8.92. The summed E-state index contributed by atoms with van der Waals surface area (Å²) in [5.74, 6) is -0.595. The molecule has 1 aliphatic rings. The van der Waals surface area contributed by atoms with Crippen LogP contribution in [0.5, 0.6) is 5.75 Å². The molecule has 0 saturated heterocycles. The third kappa shape index (κ3) is 4.79. The maximum Gasteiger partial charge on any atom is 0.292 e. The van der Waals surface area contributed by atoms with Gasteiger partial charge in [-0.15, -0.1) is 0 Å². The van der Waals surface area contributed by atoms with Crippen LogP contribution in [0.2, 0.25) is 10.2 Å². The van der Waals surface area contributed by atoms with E-state index in [1.807, 2.05) is 47.9 Å². The zero-order chi connectivity index (χ0) is 22.7. The first-order valence-corrected chi connectivity index (χ1v) is 11.8. The Balaban J connectivity index is 1.73. The number of carbonyl (C=O) groups is 2. The zero-order valence-electron chi connectivity index (χ0n) is 18.0. The highest BCUT2D eigenvalue weighted by atomic mass is 35.5. The molecule has 0 spiro atoms. The van der Waals surface area contributed by atoms with E-state index in [4.69, 9.17) is 27.9 Å².